The van der Waals surface area contributed by atoms with Crippen molar-refractivity contribution >= 4 is 0 Å². The van der Waals surface area contributed by atoms with E-state index in [-0.39, 0.29) is 0 Å². The van der Waals surface area contributed by atoms with E-state index in [2.05, 4.69) is 10.6 Å². The molecule has 0 spiro atoms. The van der Waals surface area contributed by atoms with Crippen LogP contribution in [-0.2, 0) is 0 Å². The zero-order valence-electron chi connectivity index (χ0n) is 7.35. The summed E-state index contributed by atoms with van der Waals surface area (Å²) in [4.78, 5) is 0. The van der Waals surface area contributed by atoms with Crippen LogP contribution < -0.4 is 10.6 Å². The second-order valence-corrected chi connectivity index (χ2v) is 3.87. The maximum atomic E-state index is 9.37. The third-order valence-corrected chi connectivity index (χ3v) is 1.95. The Kier molecular flexibility index (Phi) is 2.87. The van der Waals surface area contributed by atoms with Crippen molar-refractivity contribution < 1.29 is 5.11 Å². The molecule has 3 N–H and O–H groups in total. The van der Waals surface area contributed by atoms with Gasteiger partial charge in [-0.1, -0.05) is 0 Å². The summed E-state index contributed by atoms with van der Waals surface area (Å²) < 4.78 is 0. The Morgan fingerprint density at radius 1 is 1.55 bits per heavy atom. The lowest BCUT2D eigenvalue weighted by Crippen LogP contribution is -2.55. The standard InChI is InChI=1S/C8H18N2O/c1-8(2,11)3-4-10-7-5-9-6-7/h7,9-11H,3-6H2,1-2H3. The highest BCUT2D eigenvalue weighted by Gasteiger charge is 2.17. The van der Waals surface area contributed by atoms with Gasteiger partial charge >= 0.3 is 0 Å². The zero-order chi connectivity index (χ0) is 8.32. The first-order valence-electron chi connectivity index (χ1n) is 4.24. The number of aliphatic hydroxyl groups is 1. The quantitative estimate of drug-likeness (QED) is 0.527. The summed E-state index contributed by atoms with van der Waals surface area (Å²) in [7, 11) is 0. The number of hydrogen-bond donors (Lipinski definition) is 3. The van der Waals surface area contributed by atoms with E-state index in [9.17, 15) is 5.11 Å². The molecule has 0 amide bonds. The van der Waals surface area contributed by atoms with Gasteiger partial charge in [-0.25, -0.2) is 0 Å². The van der Waals surface area contributed by atoms with Crippen molar-refractivity contribution in [1.29, 1.82) is 0 Å². The van der Waals surface area contributed by atoms with Crippen LogP contribution in [0.1, 0.15) is 20.3 Å². The molecule has 1 rings (SSSR count). The van der Waals surface area contributed by atoms with Crippen molar-refractivity contribution in [2.45, 2.75) is 31.9 Å². The van der Waals surface area contributed by atoms with Crippen molar-refractivity contribution in [3.63, 3.8) is 0 Å². The minimum Gasteiger partial charge on any atom is -0.390 e. The molecule has 0 radical (unpaired) electrons. The molecule has 0 aromatic carbocycles. The van der Waals surface area contributed by atoms with Crippen molar-refractivity contribution in [3.05, 3.63) is 0 Å². The molecule has 0 saturated carbocycles. The van der Waals surface area contributed by atoms with Crippen molar-refractivity contribution in [1.82, 2.24) is 10.6 Å². The molecule has 66 valence electrons. The smallest absolute Gasteiger partial charge is 0.0603 e. The molecule has 11 heavy (non-hydrogen) atoms. The van der Waals surface area contributed by atoms with Crippen LogP contribution in [0.25, 0.3) is 0 Å². The van der Waals surface area contributed by atoms with Gasteiger partial charge in [-0.15, -0.1) is 0 Å². The summed E-state index contributed by atoms with van der Waals surface area (Å²) in [6, 6.07) is 0.636. The highest BCUT2D eigenvalue weighted by molar-refractivity contribution is 4.82. The molecule has 0 atom stereocenters. The predicted octanol–water partition coefficient (Wildman–Crippen LogP) is -0.291. The molecule has 3 heteroatoms. The second-order valence-electron chi connectivity index (χ2n) is 3.87. The molecule has 3 nitrogen and oxygen atoms in total. The van der Waals surface area contributed by atoms with Crippen LogP contribution in [0.4, 0.5) is 0 Å². The maximum absolute atomic E-state index is 9.37. The minimum atomic E-state index is -0.524. The van der Waals surface area contributed by atoms with Gasteiger partial charge in [-0.3, -0.25) is 0 Å². The normalized spacial score (nSPS) is 19.9. The monoisotopic (exact) mass is 158 g/mol. The predicted molar refractivity (Wildman–Crippen MR) is 45.6 cm³/mol. The van der Waals surface area contributed by atoms with E-state index in [1.807, 2.05) is 13.8 Å². The molecular formula is C8H18N2O. The second kappa shape index (κ2) is 3.52. The lowest BCUT2D eigenvalue weighted by molar-refractivity contribution is 0.0697. The largest absolute Gasteiger partial charge is 0.390 e. The van der Waals surface area contributed by atoms with E-state index >= 15 is 0 Å². The minimum absolute atomic E-state index is 0.524. The molecule has 0 bridgehead atoms. The first kappa shape index (κ1) is 8.97. The van der Waals surface area contributed by atoms with Gasteiger partial charge in [-0.2, -0.15) is 0 Å². The lowest BCUT2D eigenvalue weighted by Gasteiger charge is -2.29. The first-order valence-corrected chi connectivity index (χ1v) is 4.24. The molecular weight excluding hydrogens is 140 g/mol. The van der Waals surface area contributed by atoms with Gasteiger partial charge in [0, 0.05) is 19.1 Å². The van der Waals surface area contributed by atoms with Crippen LogP contribution in [0.15, 0.2) is 0 Å². The average Bonchev–Trinajstić information content (AvgIpc) is 1.73. The van der Waals surface area contributed by atoms with E-state index in [0.29, 0.717) is 6.04 Å². The van der Waals surface area contributed by atoms with E-state index in [4.69, 9.17) is 0 Å². The molecule has 1 saturated heterocycles. The lowest BCUT2D eigenvalue weighted by atomic mass is 10.1. The Morgan fingerprint density at radius 3 is 2.55 bits per heavy atom. The molecule has 1 aliphatic heterocycles. The maximum Gasteiger partial charge on any atom is 0.0603 e. The molecule has 1 aliphatic rings. The van der Waals surface area contributed by atoms with Crippen LogP contribution >= 0.6 is 0 Å². The topological polar surface area (TPSA) is 44.3 Å². The summed E-state index contributed by atoms with van der Waals surface area (Å²) in [5, 5.41) is 15.9. The summed E-state index contributed by atoms with van der Waals surface area (Å²) >= 11 is 0. The molecule has 0 aromatic heterocycles. The summed E-state index contributed by atoms with van der Waals surface area (Å²) in [6.07, 6.45) is 0.823. The van der Waals surface area contributed by atoms with E-state index in [1.54, 1.807) is 0 Å². The Morgan fingerprint density at radius 2 is 2.18 bits per heavy atom. The van der Waals surface area contributed by atoms with Crippen LogP contribution in [0.3, 0.4) is 0 Å². The van der Waals surface area contributed by atoms with Crippen molar-refractivity contribution in [2.75, 3.05) is 19.6 Å². The Labute approximate surface area is 68.2 Å². The first-order chi connectivity index (χ1) is 5.08. The Balaban J connectivity index is 1.95. The molecule has 0 unspecified atom stereocenters. The summed E-state index contributed by atoms with van der Waals surface area (Å²) in [6.45, 7) is 6.75. The van der Waals surface area contributed by atoms with Gasteiger partial charge in [-0.05, 0) is 26.8 Å². The van der Waals surface area contributed by atoms with Crippen LogP contribution in [0, 0.1) is 0 Å². The average molecular weight is 158 g/mol. The van der Waals surface area contributed by atoms with E-state index < -0.39 is 5.60 Å². The van der Waals surface area contributed by atoms with Gasteiger partial charge in [0.1, 0.15) is 0 Å². The van der Waals surface area contributed by atoms with Gasteiger partial charge in [0.2, 0.25) is 0 Å². The highest BCUT2D eigenvalue weighted by atomic mass is 16.3. The van der Waals surface area contributed by atoms with Gasteiger partial charge in [0.25, 0.3) is 0 Å². The fourth-order valence-corrected chi connectivity index (χ4v) is 1.02. The zero-order valence-corrected chi connectivity index (χ0v) is 7.35. The number of nitrogens with one attached hydrogen (secondary N) is 2. The van der Waals surface area contributed by atoms with Gasteiger partial charge in [0.15, 0.2) is 0 Å². The van der Waals surface area contributed by atoms with E-state index in [0.717, 1.165) is 26.1 Å². The van der Waals surface area contributed by atoms with Gasteiger partial charge < -0.3 is 15.7 Å². The highest BCUT2D eigenvalue weighted by Crippen LogP contribution is 2.05. The third-order valence-electron chi connectivity index (χ3n) is 1.95. The third kappa shape index (κ3) is 3.70. The SMILES string of the molecule is CC(C)(O)CCNC1CNC1. The Hall–Kier alpha value is -0.120. The fourth-order valence-electron chi connectivity index (χ4n) is 1.02. The molecule has 1 heterocycles. The van der Waals surface area contributed by atoms with E-state index in [1.165, 1.54) is 0 Å². The fraction of sp³-hybridized carbons (Fsp3) is 1.00. The van der Waals surface area contributed by atoms with Crippen LogP contribution in [-0.4, -0.2) is 36.4 Å². The number of hydrogen-bond acceptors (Lipinski definition) is 3. The van der Waals surface area contributed by atoms with Crippen molar-refractivity contribution in [2.24, 2.45) is 0 Å². The van der Waals surface area contributed by atoms with Gasteiger partial charge in [0.05, 0.1) is 5.60 Å². The van der Waals surface area contributed by atoms with Crippen LogP contribution in [0.2, 0.25) is 0 Å². The molecule has 1 fully saturated rings. The van der Waals surface area contributed by atoms with Crippen molar-refractivity contribution in [3.8, 4) is 0 Å². The molecule has 0 aliphatic carbocycles. The summed E-state index contributed by atoms with van der Waals surface area (Å²) in [5.41, 5.74) is -0.524. The Bertz CT molecular complexity index is 116. The number of rotatable bonds is 4. The van der Waals surface area contributed by atoms with Crippen LogP contribution in [0.5, 0.6) is 0 Å². The molecule has 0 aromatic rings. The summed E-state index contributed by atoms with van der Waals surface area (Å²) in [5.74, 6) is 0.